The molecule has 0 aromatic carbocycles. The molecule has 0 fully saturated rings. The highest BCUT2D eigenvalue weighted by Gasteiger charge is 2.19. The first-order valence-electron chi connectivity index (χ1n) is 31.4. The Morgan fingerprint density at radius 3 is 0.836 bits per heavy atom. The van der Waals surface area contributed by atoms with Crippen LogP contribution in [0.15, 0.2) is 72.9 Å². The van der Waals surface area contributed by atoms with Crippen molar-refractivity contribution in [2.45, 2.75) is 322 Å². The van der Waals surface area contributed by atoms with Gasteiger partial charge in [0.15, 0.2) is 6.10 Å². The molecule has 0 aliphatic rings. The zero-order valence-corrected chi connectivity index (χ0v) is 48.4. The lowest BCUT2D eigenvalue weighted by atomic mass is 10.0. The highest BCUT2D eigenvalue weighted by Crippen LogP contribution is 2.17. The van der Waals surface area contributed by atoms with E-state index in [1.54, 1.807) is 0 Å². The summed E-state index contributed by atoms with van der Waals surface area (Å²) in [5.41, 5.74) is 0. The Kier molecular flexibility index (Phi) is 58.7. The van der Waals surface area contributed by atoms with Gasteiger partial charge in [-0.3, -0.25) is 14.4 Å². The van der Waals surface area contributed by atoms with Crippen LogP contribution in [0.2, 0.25) is 0 Å². The van der Waals surface area contributed by atoms with Gasteiger partial charge in [-0.1, -0.05) is 299 Å². The maximum atomic E-state index is 12.9. The number of ether oxygens (including phenoxy) is 3. The van der Waals surface area contributed by atoms with Crippen molar-refractivity contribution in [1.82, 2.24) is 0 Å². The van der Waals surface area contributed by atoms with Crippen LogP contribution in [0.4, 0.5) is 0 Å². The SMILES string of the molecule is CC/C=C\C/C=C\C/C=C\C/C=C\C/C=C\C/C=C\CCCCC(=O)OC(COC(=O)CCCCCCCCCCCC)COC(=O)CCCCCCCCCCCCCCCCCCCCCCCCCC. The van der Waals surface area contributed by atoms with Crippen LogP contribution >= 0.6 is 0 Å². The number of unbranched alkanes of at least 4 members (excludes halogenated alkanes) is 34. The molecule has 0 heterocycles. The number of carbonyl (C=O) groups is 3. The van der Waals surface area contributed by atoms with Gasteiger partial charge in [-0.25, -0.2) is 0 Å². The highest BCUT2D eigenvalue weighted by molar-refractivity contribution is 5.71. The Morgan fingerprint density at radius 2 is 0.534 bits per heavy atom. The van der Waals surface area contributed by atoms with Crippen LogP contribution in [0.1, 0.15) is 316 Å². The normalized spacial score (nSPS) is 12.5. The van der Waals surface area contributed by atoms with Crippen LogP contribution in [0.25, 0.3) is 0 Å². The lowest BCUT2D eigenvalue weighted by Crippen LogP contribution is -2.30. The summed E-state index contributed by atoms with van der Waals surface area (Å²) in [4.78, 5) is 38.2. The fraction of sp³-hybridized carbons (Fsp3) is 0.776. The molecular weight excluding hydrogens is 901 g/mol. The van der Waals surface area contributed by atoms with Gasteiger partial charge in [0.2, 0.25) is 0 Å². The third-order valence-corrected chi connectivity index (χ3v) is 13.7. The van der Waals surface area contributed by atoms with E-state index in [1.165, 1.54) is 180 Å². The van der Waals surface area contributed by atoms with Gasteiger partial charge in [-0.15, -0.1) is 0 Å². The molecule has 1 atom stereocenters. The molecular formula is C67H118O6. The Balaban J connectivity index is 4.29. The zero-order chi connectivity index (χ0) is 52.9. The van der Waals surface area contributed by atoms with Crippen LogP contribution in [0.3, 0.4) is 0 Å². The largest absolute Gasteiger partial charge is 0.462 e. The molecule has 6 nitrogen and oxygen atoms in total. The van der Waals surface area contributed by atoms with E-state index in [2.05, 4.69) is 93.7 Å². The van der Waals surface area contributed by atoms with Gasteiger partial charge >= 0.3 is 17.9 Å². The van der Waals surface area contributed by atoms with Crippen LogP contribution in [0, 0.1) is 0 Å². The first kappa shape index (κ1) is 69.8. The van der Waals surface area contributed by atoms with Crippen molar-refractivity contribution < 1.29 is 28.6 Å². The van der Waals surface area contributed by atoms with Crippen LogP contribution in [-0.2, 0) is 28.6 Å². The van der Waals surface area contributed by atoms with Crippen molar-refractivity contribution in [1.29, 1.82) is 0 Å². The second-order valence-electron chi connectivity index (χ2n) is 21.0. The Labute approximate surface area is 453 Å². The summed E-state index contributed by atoms with van der Waals surface area (Å²) in [6.45, 7) is 6.52. The fourth-order valence-corrected chi connectivity index (χ4v) is 9.04. The van der Waals surface area contributed by atoms with Crippen molar-refractivity contribution in [3.05, 3.63) is 72.9 Å². The van der Waals surface area contributed by atoms with Crippen LogP contribution in [-0.4, -0.2) is 37.2 Å². The molecule has 6 heteroatoms. The number of hydrogen-bond donors (Lipinski definition) is 0. The van der Waals surface area contributed by atoms with Crippen molar-refractivity contribution in [3.8, 4) is 0 Å². The van der Waals surface area contributed by atoms with Gasteiger partial charge in [0, 0.05) is 19.3 Å². The molecule has 1 unspecified atom stereocenters. The van der Waals surface area contributed by atoms with Gasteiger partial charge in [0.25, 0.3) is 0 Å². The van der Waals surface area contributed by atoms with E-state index in [1.807, 2.05) is 0 Å². The van der Waals surface area contributed by atoms with E-state index in [0.29, 0.717) is 19.3 Å². The highest BCUT2D eigenvalue weighted by atomic mass is 16.6. The average molecular weight is 1020 g/mol. The van der Waals surface area contributed by atoms with Gasteiger partial charge < -0.3 is 14.2 Å². The van der Waals surface area contributed by atoms with Crippen molar-refractivity contribution in [2.75, 3.05) is 13.2 Å². The second kappa shape index (κ2) is 61.4. The molecule has 0 radical (unpaired) electrons. The van der Waals surface area contributed by atoms with E-state index in [-0.39, 0.29) is 37.5 Å². The molecule has 73 heavy (non-hydrogen) atoms. The van der Waals surface area contributed by atoms with E-state index in [0.717, 1.165) is 89.9 Å². The maximum absolute atomic E-state index is 12.9. The van der Waals surface area contributed by atoms with Crippen molar-refractivity contribution in [2.24, 2.45) is 0 Å². The molecule has 0 amide bonds. The molecule has 0 aromatic rings. The van der Waals surface area contributed by atoms with E-state index in [9.17, 15) is 14.4 Å². The van der Waals surface area contributed by atoms with E-state index < -0.39 is 6.10 Å². The van der Waals surface area contributed by atoms with Crippen molar-refractivity contribution in [3.63, 3.8) is 0 Å². The van der Waals surface area contributed by atoms with Gasteiger partial charge in [-0.05, 0) is 70.6 Å². The number of allylic oxidation sites excluding steroid dienone is 12. The van der Waals surface area contributed by atoms with Gasteiger partial charge in [-0.2, -0.15) is 0 Å². The zero-order valence-electron chi connectivity index (χ0n) is 48.4. The summed E-state index contributed by atoms with van der Waals surface area (Å²) in [5, 5.41) is 0. The molecule has 0 aliphatic heterocycles. The topological polar surface area (TPSA) is 78.9 Å². The molecule has 0 bridgehead atoms. The summed E-state index contributed by atoms with van der Waals surface area (Å²) in [5.74, 6) is -0.920. The molecule has 0 saturated carbocycles. The fourth-order valence-electron chi connectivity index (χ4n) is 9.04. The van der Waals surface area contributed by atoms with E-state index >= 15 is 0 Å². The Morgan fingerprint density at radius 1 is 0.288 bits per heavy atom. The quantitative estimate of drug-likeness (QED) is 0.0261. The standard InChI is InChI=1S/C67H118O6/c1-4-7-10-13-16-19-22-24-26-28-30-32-33-34-36-37-39-41-43-45-48-51-54-57-60-66(69)72-63-64(62-71-65(68)59-56-53-50-47-21-18-15-12-9-6-3)73-67(70)61-58-55-52-49-46-44-42-40-38-35-31-29-27-25-23-20-17-14-11-8-5-2/h8,11,17,20,25,27,31,35,40,42,46,49,64H,4-7,9-10,12-16,18-19,21-24,26,28-30,32-34,36-39,41,43-45,47-48,50-63H2,1-3H3/b11-8-,20-17-,27-25-,35-31-,42-40-,49-46-. The Bertz CT molecular complexity index is 1360. The van der Waals surface area contributed by atoms with Crippen LogP contribution < -0.4 is 0 Å². The minimum atomic E-state index is -0.796. The molecule has 0 saturated heterocycles. The van der Waals surface area contributed by atoms with Crippen molar-refractivity contribution >= 4 is 17.9 Å². The molecule has 0 rings (SSSR count). The molecule has 0 aromatic heterocycles. The lowest BCUT2D eigenvalue weighted by Gasteiger charge is -2.18. The monoisotopic (exact) mass is 1020 g/mol. The molecule has 0 N–H and O–H groups in total. The first-order chi connectivity index (χ1) is 36.0. The Hall–Kier alpha value is -3.15. The minimum absolute atomic E-state index is 0.0892. The summed E-state index contributed by atoms with van der Waals surface area (Å²) in [7, 11) is 0. The lowest BCUT2D eigenvalue weighted by molar-refractivity contribution is -0.167. The van der Waals surface area contributed by atoms with E-state index in [4.69, 9.17) is 14.2 Å². The summed E-state index contributed by atoms with van der Waals surface area (Å²) >= 11 is 0. The average Bonchev–Trinajstić information content (AvgIpc) is 3.39. The van der Waals surface area contributed by atoms with Gasteiger partial charge in [0.05, 0.1) is 0 Å². The predicted octanol–water partition coefficient (Wildman–Crippen LogP) is 21.3. The number of hydrogen-bond acceptors (Lipinski definition) is 6. The number of carbonyl (C=O) groups excluding carboxylic acids is 3. The maximum Gasteiger partial charge on any atom is 0.306 e. The molecule has 0 spiro atoms. The molecule has 422 valence electrons. The molecule has 0 aliphatic carbocycles. The van der Waals surface area contributed by atoms with Gasteiger partial charge in [0.1, 0.15) is 13.2 Å². The first-order valence-corrected chi connectivity index (χ1v) is 31.4. The summed E-state index contributed by atoms with van der Waals surface area (Å²) in [6, 6.07) is 0. The number of rotatable bonds is 57. The third kappa shape index (κ3) is 59.6. The predicted molar refractivity (Wildman–Crippen MR) is 316 cm³/mol. The third-order valence-electron chi connectivity index (χ3n) is 13.7. The smallest absolute Gasteiger partial charge is 0.306 e. The summed E-state index contributed by atoms with van der Waals surface area (Å²) in [6.07, 6.45) is 79.2. The summed E-state index contributed by atoms with van der Waals surface area (Å²) < 4.78 is 16.9. The van der Waals surface area contributed by atoms with Crippen LogP contribution in [0.5, 0.6) is 0 Å². The minimum Gasteiger partial charge on any atom is -0.462 e. The second-order valence-corrected chi connectivity index (χ2v) is 21.0. The number of esters is 3.